The molecule has 1 saturated heterocycles. The van der Waals surface area contributed by atoms with Crippen LogP contribution in [0.4, 0.5) is 0 Å². The van der Waals surface area contributed by atoms with E-state index in [2.05, 4.69) is 6.92 Å². The summed E-state index contributed by atoms with van der Waals surface area (Å²) in [5.74, 6) is 0.121. The molecule has 1 atom stereocenters. The van der Waals surface area contributed by atoms with Crippen molar-refractivity contribution in [3.8, 4) is 0 Å². The van der Waals surface area contributed by atoms with E-state index in [0.717, 1.165) is 25.6 Å². The van der Waals surface area contributed by atoms with Gasteiger partial charge in [0.15, 0.2) is 0 Å². The smallest absolute Gasteiger partial charge is 0.285 e. The first-order valence-electron chi connectivity index (χ1n) is 7.68. The Morgan fingerprint density at radius 3 is 1.95 bits per heavy atom. The summed E-state index contributed by atoms with van der Waals surface area (Å²) in [7, 11) is 0. The molecule has 0 aromatic heterocycles. The summed E-state index contributed by atoms with van der Waals surface area (Å²) < 4.78 is 22.6. The molecule has 0 aromatic carbocycles. The van der Waals surface area contributed by atoms with E-state index < -0.39 is 5.97 Å². The van der Waals surface area contributed by atoms with E-state index in [0.29, 0.717) is 19.8 Å². The molecule has 0 saturated carbocycles. The van der Waals surface area contributed by atoms with Crippen molar-refractivity contribution in [3.05, 3.63) is 0 Å². The second-order valence-corrected chi connectivity index (χ2v) is 5.14. The van der Waals surface area contributed by atoms with Crippen molar-refractivity contribution in [1.82, 2.24) is 0 Å². The van der Waals surface area contributed by atoms with Gasteiger partial charge in [-0.05, 0) is 33.6 Å². The average Bonchev–Trinajstić information content (AvgIpc) is 2.33. The molecule has 0 bridgehead atoms. The maximum absolute atomic E-state index is 5.80. The molecule has 1 unspecified atom stereocenters. The molecule has 1 aliphatic heterocycles. The molecule has 19 heavy (non-hydrogen) atoms. The monoisotopic (exact) mass is 274 g/mol. The second-order valence-electron chi connectivity index (χ2n) is 5.14. The van der Waals surface area contributed by atoms with Gasteiger partial charge in [-0.15, -0.1) is 0 Å². The van der Waals surface area contributed by atoms with Gasteiger partial charge in [0.2, 0.25) is 0 Å². The molecule has 1 rings (SSSR count). The van der Waals surface area contributed by atoms with Crippen LogP contribution >= 0.6 is 0 Å². The minimum atomic E-state index is -0.867. The van der Waals surface area contributed by atoms with Crippen molar-refractivity contribution in [1.29, 1.82) is 0 Å². The minimum Gasteiger partial charge on any atom is -0.381 e. The Kier molecular flexibility index (Phi) is 7.91. The highest BCUT2D eigenvalue weighted by atomic mass is 16.9. The van der Waals surface area contributed by atoms with Crippen LogP contribution < -0.4 is 0 Å². The summed E-state index contributed by atoms with van der Waals surface area (Å²) in [6.45, 7) is 11.7. The lowest BCUT2D eigenvalue weighted by Crippen LogP contribution is -2.45. The Bertz CT molecular complexity index is 211. The minimum absolute atomic E-state index is 0.230. The van der Waals surface area contributed by atoms with Crippen LogP contribution in [-0.2, 0) is 18.9 Å². The summed E-state index contributed by atoms with van der Waals surface area (Å²) in [6.07, 6.45) is 3.45. The zero-order valence-corrected chi connectivity index (χ0v) is 12.9. The van der Waals surface area contributed by atoms with E-state index in [4.69, 9.17) is 18.9 Å². The SMILES string of the molecule is CCOC(OCC)(OCC)C(C)CCCC1COC1. The van der Waals surface area contributed by atoms with Gasteiger partial charge in [-0.1, -0.05) is 13.3 Å². The van der Waals surface area contributed by atoms with E-state index in [1.165, 1.54) is 12.8 Å². The van der Waals surface area contributed by atoms with Crippen LogP contribution in [0.25, 0.3) is 0 Å². The predicted octanol–water partition coefficient (Wildman–Crippen LogP) is 3.20. The van der Waals surface area contributed by atoms with Crippen LogP contribution in [0.2, 0.25) is 0 Å². The molecule has 0 spiro atoms. The zero-order valence-electron chi connectivity index (χ0n) is 12.9. The standard InChI is InChI=1S/C15H30O4/c1-5-17-15(18-6-2,19-7-3)13(4)9-8-10-14-11-16-12-14/h13-14H,5-12H2,1-4H3. The number of hydrogen-bond donors (Lipinski definition) is 0. The van der Waals surface area contributed by atoms with E-state index in [9.17, 15) is 0 Å². The Morgan fingerprint density at radius 1 is 1.05 bits per heavy atom. The van der Waals surface area contributed by atoms with E-state index in [1.54, 1.807) is 0 Å². The lowest BCUT2D eigenvalue weighted by molar-refractivity contribution is -0.400. The van der Waals surface area contributed by atoms with Gasteiger partial charge < -0.3 is 18.9 Å². The quantitative estimate of drug-likeness (QED) is 0.542. The largest absolute Gasteiger partial charge is 0.381 e. The van der Waals surface area contributed by atoms with Crippen LogP contribution in [0.3, 0.4) is 0 Å². The van der Waals surface area contributed by atoms with Crippen molar-refractivity contribution in [2.24, 2.45) is 11.8 Å². The third-order valence-electron chi connectivity index (χ3n) is 3.60. The third kappa shape index (κ3) is 5.03. The summed E-state index contributed by atoms with van der Waals surface area (Å²) >= 11 is 0. The van der Waals surface area contributed by atoms with Crippen molar-refractivity contribution in [3.63, 3.8) is 0 Å². The van der Waals surface area contributed by atoms with Gasteiger partial charge in [-0.25, -0.2) is 0 Å². The molecule has 1 aliphatic rings. The summed E-state index contributed by atoms with van der Waals surface area (Å²) in [5, 5.41) is 0. The van der Waals surface area contributed by atoms with E-state index in [1.807, 2.05) is 20.8 Å². The highest BCUT2D eigenvalue weighted by Crippen LogP contribution is 2.31. The van der Waals surface area contributed by atoms with Crippen molar-refractivity contribution in [2.45, 2.75) is 52.9 Å². The van der Waals surface area contributed by atoms with Crippen LogP contribution in [0.5, 0.6) is 0 Å². The first-order chi connectivity index (χ1) is 9.18. The van der Waals surface area contributed by atoms with Crippen LogP contribution in [0.1, 0.15) is 47.0 Å². The molecule has 4 nitrogen and oxygen atoms in total. The molecule has 0 aliphatic carbocycles. The molecule has 1 fully saturated rings. The fourth-order valence-electron chi connectivity index (χ4n) is 2.50. The first-order valence-corrected chi connectivity index (χ1v) is 7.68. The van der Waals surface area contributed by atoms with Gasteiger partial charge in [0.05, 0.1) is 13.2 Å². The van der Waals surface area contributed by atoms with Gasteiger partial charge in [0.25, 0.3) is 5.97 Å². The Labute approximate surface area is 117 Å². The lowest BCUT2D eigenvalue weighted by Gasteiger charge is -2.37. The molecule has 0 N–H and O–H groups in total. The molecular weight excluding hydrogens is 244 g/mol. The van der Waals surface area contributed by atoms with Crippen molar-refractivity contribution >= 4 is 0 Å². The molecule has 0 radical (unpaired) electrons. The number of hydrogen-bond acceptors (Lipinski definition) is 4. The van der Waals surface area contributed by atoms with Gasteiger partial charge in [-0.3, -0.25) is 0 Å². The fourth-order valence-corrected chi connectivity index (χ4v) is 2.50. The molecule has 114 valence electrons. The highest BCUT2D eigenvalue weighted by Gasteiger charge is 2.39. The highest BCUT2D eigenvalue weighted by molar-refractivity contribution is 4.71. The van der Waals surface area contributed by atoms with Crippen LogP contribution in [-0.4, -0.2) is 39.0 Å². The molecular formula is C15H30O4. The zero-order chi connectivity index (χ0) is 14.1. The average molecular weight is 274 g/mol. The Hall–Kier alpha value is -0.160. The van der Waals surface area contributed by atoms with Crippen LogP contribution in [0, 0.1) is 11.8 Å². The number of rotatable bonds is 11. The Balaban J connectivity index is 2.44. The first kappa shape index (κ1) is 16.9. The van der Waals surface area contributed by atoms with Gasteiger partial charge in [0, 0.05) is 31.7 Å². The van der Waals surface area contributed by atoms with E-state index >= 15 is 0 Å². The lowest BCUT2D eigenvalue weighted by atomic mass is 9.95. The third-order valence-corrected chi connectivity index (χ3v) is 3.60. The second kappa shape index (κ2) is 8.90. The summed E-state index contributed by atoms with van der Waals surface area (Å²) in [6, 6.07) is 0. The number of ether oxygens (including phenoxy) is 4. The molecule has 4 heteroatoms. The molecule has 0 aromatic rings. The normalized spacial score (nSPS) is 18.3. The van der Waals surface area contributed by atoms with Crippen molar-refractivity contribution < 1.29 is 18.9 Å². The molecule has 0 amide bonds. The predicted molar refractivity (Wildman–Crippen MR) is 74.9 cm³/mol. The van der Waals surface area contributed by atoms with Gasteiger partial charge in [-0.2, -0.15) is 0 Å². The van der Waals surface area contributed by atoms with Gasteiger partial charge >= 0.3 is 0 Å². The van der Waals surface area contributed by atoms with E-state index in [-0.39, 0.29) is 5.92 Å². The summed E-state index contributed by atoms with van der Waals surface area (Å²) in [4.78, 5) is 0. The maximum Gasteiger partial charge on any atom is 0.285 e. The topological polar surface area (TPSA) is 36.9 Å². The summed E-state index contributed by atoms with van der Waals surface area (Å²) in [5.41, 5.74) is 0. The van der Waals surface area contributed by atoms with Crippen LogP contribution in [0.15, 0.2) is 0 Å². The van der Waals surface area contributed by atoms with Crippen molar-refractivity contribution in [2.75, 3.05) is 33.0 Å². The fraction of sp³-hybridized carbons (Fsp3) is 1.00. The molecule has 1 heterocycles. The van der Waals surface area contributed by atoms with Gasteiger partial charge in [0.1, 0.15) is 0 Å². The maximum atomic E-state index is 5.80. The Morgan fingerprint density at radius 2 is 1.58 bits per heavy atom.